The standard InChI is InChI=1S/C7H5N2OS/c10-7-4-11-6-3-8-2-1-5(6)9-7/h1,3H,4H2,(H,9,10). The molecule has 0 bridgehead atoms. The average Bonchev–Trinajstić information content (AvgIpc) is 2.04. The number of fused-ring (bicyclic) bond motifs is 1. The molecule has 1 aliphatic heterocycles. The van der Waals surface area contributed by atoms with Gasteiger partial charge in [-0.2, -0.15) is 0 Å². The van der Waals surface area contributed by atoms with Crippen LogP contribution in [0.4, 0.5) is 5.69 Å². The SMILES string of the molecule is O=C1CSc2cn[c]cc2N1. The van der Waals surface area contributed by atoms with Crippen LogP contribution in [0.1, 0.15) is 0 Å². The lowest BCUT2D eigenvalue weighted by atomic mass is 10.4. The Bertz CT molecular complexity index is 300. The van der Waals surface area contributed by atoms with Crippen LogP contribution in [0.25, 0.3) is 0 Å². The highest BCUT2D eigenvalue weighted by atomic mass is 32.2. The first-order chi connectivity index (χ1) is 5.36. The molecule has 1 aromatic heterocycles. The third-order valence-corrected chi connectivity index (χ3v) is 2.41. The molecule has 0 atom stereocenters. The molecule has 55 valence electrons. The van der Waals surface area contributed by atoms with Crippen LogP contribution in [-0.4, -0.2) is 16.6 Å². The minimum atomic E-state index is 0.0436. The minimum absolute atomic E-state index is 0.0436. The number of aromatic nitrogens is 1. The van der Waals surface area contributed by atoms with Gasteiger partial charge in [0.05, 0.1) is 17.6 Å². The molecule has 1 aliphatic rings. The van der Waals surface area contributed by atoms with Gasteiger partial charge in [0.2, 0.25) is 5.91 Å². The summed E-state index contributed by atoms with van der Waals surface area (Å²) in [5.41, 5.74) is 0.821. The van der Waals surface area contributed by atoms with Gasteiger partial charge in [0, 0.05) is 11.1 Å². The van der Waals surface area contributed by atoms with Gasteiger partial charge in [-0.1, -0.05) is 0 Å². The van der Waals surface area contributed by atoms with E-state index in [0.29, 0.717) is 5.75 Å². The number of nitrogens with zero attached hydrogens (tertiary/aromatic N) is 1. The van der Waals surface area contributed by atoms with Crippen LogP contribution in [0.5, 0.6) is 0 Å². The van der Waals surface area contributed by atoms with E-state index in [2.05, 4.69) is 16.5 Å². The first-order valence-electron chi connectivity index (χ1n) is 3.15. The predicted octanol–water partition coefficient (Wildman–Crippen LogP) is 0.926. The van der Waals surface area contributed by atoms with Gasteiger partial charge in [-0.3, -0.25) is 9.78 Å². The van der Waals surface area contributed by atoms with Gasteiger partial charge >= 0.3 is 0 Å². The average molecular weight is 165 g/mol. The highest BCUT2D eigenvalue weighted by Gasteiger charge is 2.13. The van der Waals surface area contributed by atoms with Crippen LogP contribution in [-0.2, 0) is 4.79 Å². The molecule has 0 saturated heterocycles. The van der Waals surface area contributed by atoms with Crippen molar-refractivity contribution >= 4 is 23.4 Å². The maximum Gasteiger partial charge on any atom is 0.234 e. The number of carbonyl (C=O) groups is 1. The Labute approximate surface area is 68.2 Å². The Hall–Kier alpha value is -1.03. The van der Waals surface area contributed by atoms with Crippen LogP contribution in [0, 0.1) is 6.20 Å². The lowest BCUT2D eigenvalue weighted by Gasteiger charge is -2.13. The summed E-state index contributed by atoms with van der Waals surface area (Å²) in [5, 5.41) is 2.73. The Kier molecular flexibility index (Phi) is 1.54. The predicted molar refractivity (Wildman–Crippen MR) is 42.4 cm³/mol. The number of nitrogens with one attached hydrogen (secondary N) is 1. The zero-order valence-corrected chi connectivity index (χ0v) is 6.44. The van der Waals surface area contributed by atoms with Crippen molar-refractivity contribution in [2.24, 2.45) is 0 Å². The van der Waals surface area contributed by atoms with E-state index in [9.17, 15) is 4.79 Å². The molecular formula is C7H5N2OS. The van der Waals surface area contributed by atoms with Crippen molar-refractivity contribution in [2.45, 2.75) is 4.90 Å². The van der Waals surface area contributed by atoms with Gasteiger partial charge in [-0.05, 0) is 6.07 Å². The van der Waals surface area contributed by atoms with Crippen LogP contribution in [0.2, 0.25) is 0 Å². The number of pyridine rings is 1. The summed E-state index contributed by atoms with van der Waals surface area (Å²) in [4.78, 5) is 15.7. The van der Waals surface area contributed by atoms with E-state index >= 15 is 0 Å². The molecule has 2 heterocycles. The van der Waals surface area contributed by atoms with E-state index in [0.717, 1.165) is 10.6 Å². The summed E-state index contributed by atoms with van der Waals surface area (Å²) in [5.74, 6) is 0.528. The number of carbonyl (C=O) groups excluding carboxylic acids is 1. The maximum atomic E-state index is 10.9. The molecule has 2 rings (SSSR count). The van der Waals surface area contributed by atoms with E-state index in [4.69, 9.17) is 0 Å². The molecule has 1 radical (unpaired) electrons. The minimum Gasteiger partial charge on any atom is -0.324 e. The smallest absolute Gasteiger partial charge is 0.234 e. The number of amides is 1. The molecule has 0 fully saturated rings. The second-order valence-corrected chi connectivity index (χ2v) is 3.16. The van der Waals surface area contributed by atoms with E-state index in [1.165, 1.54) is 11.8 Å². The Morgan fingerprint density at radius 2 is 2.64 bits per heavy atom. The molecule has 0 spiro atoms. The van der Waals surface area contributed by atoms with Crippen LogP contribution in [0.15, 0.2) is 17.2 Å². The second-order valence-electron chi connectivity index (χ2n) is 2.15. The van der Waals surface area contributed by atoms with Crippen molar-refractivity contribution in [3.8, 4) is 0 Å². The highest BCUT2D eigenvalue weighted by molar-refractivity contribution is 8.00. The maximum absolute atomic E-state index is 10.9. The summed E-state index contributed by atoms with van der Waals surface area (Å²) >= 11 is 1.50. The largest absolute Gasteiger partial charge is 0.324 e. The fraction of sp³-hybridized carbons (Fsp3) is 0.143. The van der Waals surface area contributed by atoms with Gasteiger partial charge < -0.3 is 5.32 Å². The van der Waals surface area contributed by atoms with Crippen molar-refractivity contribution in [2.75, 3.05) is 11.1 Å². The van der Waals surface area contributed by atoms with E-state index in [-0.39, 0.29) is 5.91 Å². The zero-order valence-electron chi connectivity index (χ0n) is 5.63. The fourth-order valence-corrected chi connectivity index (χ4v) is 1.63. The summed E-state index contributed by atoms with van der Waals surface area (Å²) in [6.07, 6.45) is 4.37. The molecule has 0 unspecified atom stereocenters. The lowest BCUT2D eigenvalue weighted by molar-refractivity contribution is -0.113. The number of hydrogen-bond acceptors (Lipinski definition) is 3. The Morgan fingerprint density at radius 3 is 3.55 bits per heavy atom. The van der Waals surface area contributed by atoms with E-state index < -0.39 is 0 Å². The van der Waals surface area contributed by atoms with Crippen LogP contribution in [0.3, 0.4) is 0 Å². The molecule has 0 aromatic carbocycles. The first kappa shape index (κ1) is 6.67. The molecule has 1 amide bonds. The Balaban J connectivity index is 2.41. The van der Waals surface area contributed by atoms with Gasteiger partial charge in [0.1, 0.15) is 0 Å². The van der Waals surface area contributed by atoms with Crippen molar-refractivity contribution in [1.29, 1.82) is 0 Å². The van der Waals surface area contributed by atoms with E-state index in [1.807, 2.05) is 0 Å². The summed E-state index contributed by atoms with van der Waals surface area (Å²) in [6, 6.07) is 1.68. The number of hydrogen-bond donors (Lipinski definition) is 1. The van der Waals surface area contributed by atoms with Gasteiger partial charge in [-0.15, -0.1) is 11.8 Å². The third kappa shape index (κ3) is 1.21. The van der Waals surface area contributed by atoms with Crippen molar-refractivity contribution in [3.63, 3.8) is 0 Å². The highest BCUT2D eigenvalue weighted by Crippen LogP contribution is 2.29. The van der Waals surface area contributed by atoms with E-state index in [1.54, 1.807) is 12.3 Å². The van der Waals surface area contributed by atoms with Crippen LogP contribution >= 0.6 is 11.8 Å². The van der Waals surface area contributed by atoms with Crippen molar-refractivity contribution in [3.05, 3.63) is 18.5 Å². The van der Waals surface area contributed by atoms with Crippen LogP contribution < -0.4 is 5.32 Å². The monoisotopic (exact) mass is 165 g/mol. The number of rotatable bonds is 0. The quantitative estimate of drug-likeness (QED) is 0.621. The summed E-state index contributed by atoms with van der Waals surface area (Å²) in [7, 11) is 0. The zero-order chi connectivity index (χ0) is 7.68. The lowest BCUT2D eigenvalue weighted by Crippen LogP contribution is -2.18. The van der Waals surface area contributed by atoms with Crippen molar-refractivity contribution < 1.29 is 4.79 Å². The molecule has 1 aromatic rings. The molecule has 0 saturated carbocycles. The van der Waals surface area contributed by atoms with Gasteiger partial charge in [-0.25, -0.2) is 0 Å². The van der Waals surface area contributed by atoms with Gasteiger partial charge in [0.15, 0.2) is 0 Å². The molecule has 11 heavy (non-hydrogen) atoms. The summed E-state index contributed by atoms with van der Waals surface area (Å²) in [6.45, 7) is 0. The topological polar surface area (TPSA) is 42.0 Å². The Morgan fingerprint density at radius 1 is 1.73 bits per heavy atom. The molecule has 3 nitrogen and oxygen atoms in total. The fourth-order valence-electron chi connectivity index (χ4n) is 0.881. The van der Waals surface area contributed by atoms with Gasteiger partial charge in [0.25, 0.3) is 0 Å². The number of anilines is 1. The molecule has 1 N–H and O–H groups in total. The van der Waals surface area contributed by atoms with Crippen molar-refractivity contribution in [1.82, 2.24) is 4.98 Å². The normalized spacial score (nSPS) is 15.5. The molecular weight excluding hydrogens is 160 g/mol. The first-order valence-corrected chi connectivity index (χ1v) is 4.13. The second kappa shape index (κ2) is 2.54. The molecule has 0 aliphatic carbocycles. The third-order valence-electron chi connectivity index (χ3n) is 1.36. The molecule has 4 heteroatoms. The summed E-state index contributed by atoms with van der Waals surface area (Å²) < 4.78 is 0. The number of thioether (sulfide) groups is 1.